The molecule has 1 aliphatic heterocycles. The van der Waals surface area contributed by atoms with Crippen LogP contribution in [0.15, 0.2) is 48.5 Å². The molecule has 2 aromatic rings. The number of unbranched alkanes of at least 4 members (excludes halogenated alkanes) is 1. The molecule has 0 aromatic heterocycles. The molecule has 8 nitrogen and oxygen atoms in total. The van der Waals surface area contributed by atoms with Crippen molar-refractivity contribution in [1.82, 2.24) is 14.5 Å². The SMILES string of the molecule is CCCCN(C(N)=O)C1CCN(Cc2ccc(Oc3ccc(CNS(=O)[O-])cc3)cc2)CC1. The van der Waals surface area contributed by atoms with Gasteiger partial charge in [-0.25, -0.2) is 9.52 Å². The maximum atomic E-state index is 11.8. The Morgan fingerprint density at radius 3 is 2.21 bits per heavy atom. The molecule has 1 heterocycles. The van der Waals surface area contributed by atoms with Gasteiger partial charge in [-0.1, -0.05) is 37.6 Å². The van der Waals surface area contributed by atoms with Crippen LogP contribution < -0.4 is 15.2 Å². The van der Waals surface area contributed by atoms with Crippen LogP contribution in [0.4, 0.5) is 4.79 Å². The van der Waals surface area contributed by atoms with Gasteiger partial charge in [0.1, 0.15) is 11.5 Å². The van der Waals surface area contributed by atoms with E-state index in [0.717, 1.165) is 63.2 Å². The summed E-state index contributed by atoms with van der Waals surface area (Å²) in [4.78, 5) is 16.1. The van der Waals surface area contributed by atoms with E-state index in [-0.39, 0.29) is 18.6 Å². The van der Waals surface area contributed by atoms with Crippen LogP contribution in [0.3, 0.4) is 0 Å². The third-order valence-electron chi connectivity index (χ3n) is 5.92. The van der Waals surface area contributed by atoms with Crippen LogP contribution in [0.25, 0.3) is 0 Å². The Hall–Kier alpha value is -2.46. The molecule has 3 rings (SSSR count). The predicted molar refractivity (Wildman–Crippen MR) is 128 cm³/mol. The van der Waals surface area contributed by atoms with E-state index < -0.39 is 11.3 Å². The van der Waals surface area contributed by atoms with Gasteiger partial charge in [-0.15, -0.1) is 0 Å². The summed E-state index contributed by atoms with van der Waals surface area (Å²) in [6, 6.07) is 15.3. The molecule has 2 aromatic carbocycles. The number of hydrogen-bond donors (Lipinski definition) is 2. The summed E-state index contributed by atoms with van der Waals surface area (Å²) in [5.74, 6) is 1.44. The first-order valence-electron chi connectivity index (χ1n) is 11.4. The van der Waals surface area contributed by atoms with E-state index in [2.05, 4.69) is 28.7 Å². The lowest BCUT2D eigenvalue weighted by Gasteiger charge is -2.37. The Morgan fingerprint density at radius 1 is 1.12 bits per heavy atom. The van der Waals surface area contributed by atoms with Crippen molar-refractivity contribution in [2.45, 2.75) is 51.7 Å². The zero-order valence-corrected chi connectivity index (χ0v) is 19.9. The van der Waals surface area contributed by atoms with Gasteiger partial charge < -0.3 is 19.9 Å². The van der Waals surface area contributed by atoms with Crippen LogP contribution in [0.2, 0.25) is 0 Å². The number of primary amides is 1. The summed E-state index contributed by atoms with van der Waals surface area (Å²) in [6.07, 6.45) is 3.94. The number of carbonyl (C=O) groups is 1. The van der Waals surface area contributed by atoms with Gasteiger partial charge in [0.2, 0.25) is 0 Å². The molecule has 2 amide bonds. The quantitative estimate of drug-likeness (QED) is 0.485. The summed E-state index contributed by atoms with van der Waals surface area (Å²) in [5.41, 5.74) is 7.67. The van der Waals surface area contributed by atoms with Crippen molar-refractivity contribution in [3.05, 3.63) is 59.7 Å². The minimum Gasteiger partial charge on any atom is -0.760 e. The molecule has 3 N–H and O–H groups in total. The summed E-state index contributed by atoms with van der Waals surface area (Å²) < 4.78 is 29.4. The second kappa shape index (κ2) is 12.7. The number of hydrogen-bond acceptors (Lipinski definition) is 5. The molecule has 33 heavy (non-hydrogen) atoms. The third kappa shape index (κ3) is 8.12. The fourth-order valence-corrected chi connectivity index (χ4v) is 4.35. The Labute approximate surface area is 198 Å². The number of piperidine rings is 1. The van der Waals surface area contributed by atoms with Crippen LogP contribution in [0.1, 0.15) is 43.7 Å². The van der Waals surface area contributed by atoms with E-state index in [1.165, 1.54) is 5.56 Å². The van der Waals surface area contributed by atoms with E-state index in [1.807, 2.05) is 41.3 Å². The number of rotatable bonds is 11. The van der Waals surface area contributed by atoms with E-state index >= 15 is 0 Å². The van der Waals surface area contributed by atoms with E-state index in [9.17, 15) is 13.6 Å². The molecule has 0 saturated carbocycles. The number of nitrogens with two attached hydrogens (primary N) is 1. The van der Waals surface area contributed by atoms with Gasteiger partial charge in [0.15, 0.2) is 0 Å². The molecule has 0 radical (unpaired) electrons. The Bertz CT molecular complexity index is 900. The Balaban J connectivity index is 1.46. The van der Waals surface area contributed by atoms with Crippen molar-refractivity contribution in [3.63, 3.8) is 0 Å². The Morgan fingerprint density at radius 2 is 1.70 bits per heavy atom. The molecule has 1 unspecified atom stereocenters. The zero-order chi connectivity index (χ0) is 23.6. The number of carbonyl (C=O) groups excluding carboxylic acids is 1. The second-order valence-electron chi connectivity index (χ2n) is 8.34. The van der Waals surface area contributed by atoms with Gasteiger partial charge in [-0.05, 0) is 54.7 Å². The highest BCUT2D eigenvalue weighted by molar-refractivity contribution is 7.77. The fourth-order valence-electron chi connectivity index (χ4n) is 4.07. The topological polar surface area (TPSA) is 111 Å². The summed E-state index contributed by atoms with van der Waals surface area (Å²) in [6.45, 7) is 5.87. The largest absolute Gasteiger partial charge is 0.760 e. The van der Waals surface area contributed by atoms with Gasteiger partial charge >= 0.3 is 6.03 Å². The summed E-state index contributed by atoms with van der Waals surface area (Å²) >= 11 is -2.27. The van der Waals surface area contributed by atoms with Crippen molar-refractivity contribution < 1.29 is 18.3 Å². The minimum atomic E-state index is -2.27. The highest BCUT2D eigenvalue weighted by Gasteiger charge is 2.26. The fraction of sp³-hybridized carbons (Fsp3) is 0.458. The van der Waals surface area contributed by atoms with Gasteiger partial charge in [0, 0.05) is 50.0 Å². The maximum absolute atomic E-state index is 11.8. The van der Waals surface area contributed by atoms with Crippen molar-refractivity contribution >= 4 is 17.3 Å². The van der Waals surface area contributed by atoms with Gasteiger partial charge in [0.05, 0.1) is 0 Å². The van der Waals surface area contributed by atoms with Crippen LogP contribution >= 0.6 is 0 Å². The lowest BCUT2D eigenvalue weighted by atomic mass is 10.0. The summed E-state index contributed by atoms with van der Waals surface area (Å²) in [5, 5.41) is 0. The summed E-state index contributed by atoms with van der Waals surface area (Å²) in [7, 11) is 0. The van der Waals surface area contributed by atoms with Crippen molar-refractivity contribution in [2.24, 2.45) is 5.73 Å². The molecule has 1 aliphatic rings. The van der Waals surface area contributed by atoms with Gasteiger partial charge in [-0.3, -0.25) is 9.11 Å². The maximum Gasteiger partial charge on any atom is 0.315 e. The Kier molecular flexibility index (Phi) is 9.68. The van der Waals surface area contributed by atoms with Crippen LogP contribution in [0, 0.1) is 0 Å². The smallest absolute Gasteiger partial charge is 0.315 e. The zero-order valence-electron chi connectivity index (χ0n) is 19.1. The van der Waals surface area contributed by atoms with E-state index in [4.69, 9.17) is 10.5 Å². The van der Waals surface area contributed by atoms with E-state index in [0.29, 0.717) is 5.75 Å². The molecular weight excluding hydrogens is 440 g/mol. The number of nitrogens with zero attached hydrogens (tertiary/aromatic N) is 2. The molecule has 0 spiro atoms. The van der Waals surface area contributed by atoms with Crippen molar-refractivity contribution in [2.75, 3.05) is 19.6 Å². The number of urea groups is 1. The standard InChI is InChI=1S/C24H34N4O4S/c1-2-3-14-28(24(25)29)21-12-15-27(16-13-21)18-20-6-10-23(11-7-20)32-22-8-4-19(5-9-22)17-26-33(30)31/h4-11,21,26H,2-3,12-18H2,1H3,(H2,25,29)(H,30,31)/p-1. The minimum absolute atomic E-state index is 0.241. The van der Waals surface area contributed by atoms with Crippen LogP contribution in [-0.4, -0.2) is 50.3 Å². The molecule has 1 saturated heterocycles. The molecular formula is C24H33N4O4S-. The lowest BCUT2D eigenvalue weighted by Crippen LogP contribution is -2.49. The number of benzene rings is 2. The predicted octanol–water partition coefficient (Wildman–Crippen LogP) is 3.51. The first-order valence-corrected chi connectivity index (χ1v) is 12.5. The molecule has 0 bridgehead atoms. The normalized spacial score (nSPS) is 15.8. The number of amides is 2. The molecule has 0 aliphatic carbocycles. The molecule has 1 atom stereocenters. The third-order valence-corrected chi connectivity index (χ3v) is 6.30. The average Bonchev–Trinajstić information content (AvgIpc) is 2.81. The highest BCUT2D eigenvalue weighted by atomic mass is 32.2. The monoisotopic (exact) mass is 473 g/mol. The number of likely N-dealkylation sites (tertiary alicyclic amines) is 1. The molecule has 180 valence electrons. The molecule has 9 heteroatoms. The first-order chi connectivity index (χ1) is 15.9. The first kappa shape index (κ1) is 25.2. The average molecular weight is 474 g/mol. The highest BCUT2D eigenvalue weighted by Crippen LogP contribution is 2.24. The molecule has 1 fully saturated rings. The number of nitrogens with one attached hydrogen (secondary N) is 1. The van der Waals surface area contributed by atoms with Crippen LogP contribution in [0.5, 0.6) is 11.5 Å². The number of ether oxygens (including phenoxy) is 1. The second-order valence-corrected chi connectivity index (χ2v) is 9.10. The van der Waals surface area contributed by atoms with Crippen molar-refractivity contribution in [3.8, 4) is 11.5 Å². The van der Waals surface area contributed by atoms with Gasteiger partial charge in [-0.2, -0.15) is 0 Å². The van der Waals surface area contributed by atoms with Crippen molar-refractivity contribution in [1.29, 1.82) is 0 Å². The van der Waals surface area contributed by atoms with E-state index in [1.54, 1.807) is 0 Å². The van der Waals surface area contributed by atoms with Crippen LogP contribution in [-0.2, 0) is 24.4 Å². The lowest BCUT2D eigenvalue weighted by molar-refractivity contribution is 0.120. The van der Waals surface area contributed by atoms with Gasteiger partial charge in [0.25, 0.3) is 0 Å².